The summed E-state index contributed by atoms with van der Waals surface area (Å²) in [5.41, 5.74) is -0.441. The Morgan fingerprint density at radius 1 is 1.39 bits per heavy atom. The molecule has 8 heteroatoms. The summed E-state index contributed by atoms with van der Waals surface area (Å²) in [4.78, 5) is 11.7. The quantitative estimate of drug-likeness (QED) is 0.842. The van der Waals surface area contributed by atoms with Crippen LogP contribution in [-0.4, -0.2) is 27.2 Å². The first-order valence-corrected chi connectivity index (χ1v) is 9.67. The van der Waals surface area contributed by atoms with Crippen molar-refractivity contribution in [3.05, 3.63) is 28.5 Å². The molecule has 1 N–H and O–H groups in total. The molecule has 1 aliphatic carbocycles. The van der Waals surface area contributed by atoms with Gasteiger partial charge in [0.15, 0.2) is 0 Å². The molecule has 5 nitrogen and oxygen atoms in total. The van der Waals surface area contributed by atoms with Crippen molar-refractivity contribution in [3.63, 3.8) is 0 Å². The average molecular weight is 364 g/mol. The van der Waals surface area contributed by atoms with Crippen molar-refractivity contribution in [1.82, 2.24) is 4.72 Å². The maximum Gasteiger partial charge on any atom is 0.267 e. The van der Waals surface area contributed by atoms with Gasteiger partial charge in [0.05, 0.1) is 23.4 Å². The summed E-state index contributed by atoms with van der Waals surface area (Å²) in [6.45, 7) is 0.429. The van der Waals surface area contributed by atoms with Gasteiger partial charge in [-0.25, -0.2) is 17.5 Å². The van der Waals surface area contributed by atoms with Gasteiger partial charge in [-0.2, -0.15) is 0 Å². The van der Waals surface area contributed by atoms with Crippen LogP contribution >= 0.6 is 11.6 Å². The number of rotatable bonds is 6. The van der Waals surface area contributed by atoms with Crippen molar-refractivity contribution in [1.29, 1.82) is 0 Å². The lowest BCUT2D eigenvalue weighted by Crippen LogP contribution is -2.30. The van der Waals surface area contributed by atoms with Crippen molar-refractivity contribution >= 4 is 27.5 Å². The van der Waals surface area contributed by atoms with E-state index < -0.39 is 27.3 Å². The third-order valence-electron chi connectivity index (χ3n) is 3.80. The molecule has 2 rings (SSSR count). The van der Waals surface area contributed by atoms with Gasteiger partial charge >= 0.3 is 0 Å². The number of nitrogens with one attached hydrogen (secondary N) is 1. The summed E-state index contributed by atoms with van der Waals surface area (Å²) < 4.78 is 43.2. The molecule has 0 atom stereocenters. The van der Waals surface area contributed by atoms with Gasteiger partial charge in [0.1, 0.15) is 11.6 Å². The highest BCUT2D eigenvalue weighted by atomic mass is 35.5. The smallest absolute Gasteiger partial charge is 0.267 e. The molecule has 23 heavy (non-hydrogen) atoms. The molecule has 0 spiro atoms. The molecule has 0 aromatic heterocycles. The molecule has 128 valence electrons. The van der Waals surface area contributed by atoms with E-state index in [1.54, 1.807) is 4.72 Å². The van der Waals surface area contributed by atoms with Crippen molar-refractivity contribution in [2.75, 3.05) is 12.9 Å². The Labute approximate surface area is 140 Å². The summed E-state index contributed by atoms with van der Waals surface area (Å²) in [6, 6.07) is 2.08. The first-order chi connectivity index (χ1) is 10.8. The summed E-state index contributed by atoms with van der Waals surface area (Å²) in [6.07, 6.45) is 6.56. The number of hydrogen-bond donors (Lipinski definition) is 1. The number of ether oxygens (including phenoxy) is 1. The van der Waals surface area contributed by atoms with Crippen LogP contribution in [0.5, 0.6) is 5.75 Å². The molecule has 1 aromatic carbocycles. The summed E-state index contributed by atoms with van der Waals surface area (Å²) in [5.74, 6) is -1.16. The van der Waals surface area contributed by atoms with E-state index in [-0.39, 0.29) is 10.8 Å². The number of benzene rings is 1. The monoisotopic (exact) mass is 363 g/mol. The van der Waals surface area contributed by atoms with Crippen LogP contribution in [0.4, 0.5) is 4.39 Å². The van der Waals surface area contributed by atoms with E-state index >= 15 is 0 Å². The van der Waals surface area contributed by atoms with Gasteiger partial charge in [-0.1, -0.05) is 37.3 Å². The standard InChI is InChI=1S/C15H19ClFNO4S/c1-23(20,21)18-15(19)11-8-12(16)14(9-13(11)17)22-7-6-10-4-2-3-5-10/h8-10H,2-7H2,1H3,(H,18,19). The van der Waals surface area contributed by atoms with Gasteiger partial charge in [-0.05, 0) is 18.4 Å². The lowest BCUT2D eigenvalue weighted by molar-refractivity contribution is 0.0977. The second kappa shape index (κ2) is 7.49. The zero-order valence-corrected chi connectivity index (χ0v) is 14.3. The molecular weight excluding hydrogens is 345 g/mol. The Hall–Kier alpha value is -1.34. The maximum atomic E-state index is 14.0. The molecule has 1 amide bonds. The van der Waals surface area contributed by atoms with E-state index in [0.29, 0.717) is 12.5 Å². The Balaban J connectivity index is 2.02. The summed E-state index contributed by atoms with van der Waals surface area (Å²) >= 11 is 5.99. The number of halogens is 2. The van der Waals surface area contributed by atoms with Crippen LogP contribution in [0.1, 0.15) is 42.5 Å². The van der Waals surface area contributed by atoms with E-state index in [9.17, 15) is 17.6 Å². The second-order valence-electron chi connectivity index (χ2n) is 5.75. The number of carbonyl (C=O) groups excluding carboxylic acids is 1. The van der Waals surface area contributed by atoms with E-state index in [1.165, 1.54) is 25.7 Å². The summed E-state index contributed by atoms with van der Waals surface area (Å²) in [7, 11) is -3.78. The third-order valence-corrected chi connectivity index (χ3v) is 4.65. The predicted octanol–water partition coefficient (Wildman–Crippen LogP) is 3.13. The Morgan fingerprint density at radius 3 is 2.65 bits per heavy atom. The molecule has 1 aliphatic rings. The highest BCUT2D eigenvalue weighted by Gasteiger charge is 2.19. The fourth-order valence-corrected chi connectivity index (χ4v) is 3.34. The van der Waals surface area contributed by atoms with Crippen molar-refractivity contribution in [2.45, 2.75) is 32.1 Å². The zero-order chi connectivity index (χ0) is 17.0. The first kappa shape index (κ1) is 18.0. The highest BCUT2D eigenvalue weighted by molar-refractivity contribution is 7.89. The topological polar surface area (TPSA) is 72.5 Å². The Kier molecular flexibility index (Phi) is 5.86. The molecule has 1 aromatic rings. The fraction of sp³-hybridized carbons (Fsp3) is 0.533. The van der Waals surface area contributed by atoms with Crippen LogP contribution in [0.15, 0.2) is 12.1 Å². The molecule has 0 aliphatic heterocycles. The minimum Gasteiger partial charge on any atom is -0.492 e. The molecule has 0 saturated heterocycles. The van der Waals surface area contributed by atoms with Gasteiger partial charge in [0, 0.05) is 6.07 Å². The average Bonchev–Trinajstić information content (AvgIpc) is 2.93. The first-order valence-electron chi connectivity index (χ1n) is 7.40. The van der Waals surface area contributed by atoms with Crippen LogP contribution < -0.4 is 9.46 Å². The minimum atomic E-state index is -3.78. The van der Waals surface area contributed by atoms with Gasteiger partial charge in [0.2, 0.25) is 10.0 Å². The largest absolute Gasteiger partial charge is 0.492 e. The van der Waals surface area contributed by atoms with Crippen LogP contribution in [0.3, 0.4) is 0 Å². The van der Waals surface area contributed by atoms with Crippen molar-refractivity contribution in [2.24, 2.45) is 5.92 Å². The lowest BCUT2D eigenvalue weighted by atomic mass is 10.1. The SMILES string of the molecule is CS(=O)(=O)NC(=O)c1cc(Cl)c(OCCC2CCCC2)cc1F. The number of hydrogen-bond acceptors (Lipinski definition) is 4. The lowest BCUT2D eigenvalue weighted by Gasteiger charge is -2.13. The molecule has 1 fully saturated rings. The van der Waals surface area contributed by atoms with Gasteiger partial charge < -0.3 is 4.74 Å². The van der Waals surface area contributed by atoms with Crippen LogP contribution in [0, 0.1) is 11.7 Å². The van der Waals surface area contributed by atoms with Gasteiger partial charge in [-0.15, -0.1) is 0 Å². The van der Waals surface area contributed by atoms with Crippen molar-refractivity contribution < 1.29 is 22.3 Å². The van der Waals surface area contributed by atoms with Crippen molar-refractivity contribution in [3.8, 4) is 5.75 Å². The maximum absolute atomic E-state index is 14.0. The summed E-state index contributed by atoms with van der Waals surface area (Å²) in [5, 5.41) is 0.0662. The van der Waals surface area contributed by atoms with Gasteiger partial charge in [0.25, 0.3) is 5.91 Å². The molecular formula is C15H19ClFNO4S. The molecule has 0 heterocycles. The second-order valence-corrected chi connectivity index (χ2v) is 7.91. The molecule has 0 unspecified atom stereocenters. The van der Waals surface area contributed by atoms with Gasteiger partial charge in [-0.3, -0.25) is 4.79 Å². The number of amides is 1. The Morgan fingerprint density at radius 2 is 2.04 bits per heavy atom. The van der Waals surface area contributed by atoms with Crippen LogP contribution in [0.2, 0.25) is 5.02 Å². The number of carbonyl (C=O) groups is 1. The van der Waals surface area contributed by atoms with Crippen LogP contribution in [0.25, 0.3) is 0 Å². The van der Waals surface area contributed by atoms with E-state index in [1.807, 2.05) is 0 Å². The minimum absolute atomic E-state index is 0.0662. The highest BCUT2D eigenvalue weighted by Crippen LogP contribution is 2.30. The predicted molar refractivity (Wildman–Crippen MR) is 85.8 cm³/mol. The van der Waals surface area contributed by atoms with E-state index in [2.05, 4.69) is 0 Å². The molecule has 0 bridgehead atoms. The van der Waals surface area contributed by atoms with E-state index in [4.69, 9.17) is 16.3 Å². The third kappa shape index (κ3) is 5.35. The molecule has 0 radical (unpaired) electrons. The number of sulfonamides is 1. The zero-order valence-electron chi connectivity index (χ0n) is 12.8. The fourth-order valence-electron chi connectivity index (χ4n) is 2.67. The molecule has 1 saturated carbocycles. The van der Waals surface area contributed by atoms with E-state index in [0.717, 1.165) is 24.8 Å². The normalized spacial score (nSPS) is 15.6. The Bertz CT molecular complexity index is 687. The van der Waals surface area contributed by atoms with Crippen LogP contribution in [-0.2, 0) is 10.0 Å².